The van der Waals surface area contributed by atoms with E-state index in [-0.39, 0.29) is 42.2 Å². The summed E-state index contributed by atoms with van der Waals surface area (Å²) >= 11 is 6.61. The highest BCUT2D eigenvalue weighted by atomic mass is 35.5. The molecular weight excluding hydrogens is 642 g/mol. The minimum absolute atomic E-state index is 0.0166. The molecule has 1 saturated heterocycles. The summed E-state index contributed by atoms with van der Waals surface area (Å²) in [6.07, 6.45) is 1.77. The van der Waals surface area contributed by atoms with E-state index in [1.54, 1.807) is 30.3 Å². The predicted octanol–water partition coefficient (Wildman–Crippen LogP) is 6.19. The Hall–Kier alpha value is -4.28. The van der Waals surface area contributed by atoms with Crippen molar-refractivity contribution in [3.63, 3.8) is 0 Å². The molecular formula is C38H38ClN3O5Si. The Morgan fingerprint density at radius 1 is 1.00 bits per heavy atom. The molecule has 2 aliphatic rings. The fourth-order valence-electron chi connectivity index (χ4n) is 8.08. The van der Waals surface area contributed by atoms with E-state index < -0.39 is 13.7 Å². The van der Waals surface area contributed by atoms with Gasteiger partial charge in [-0.15, -0.1) is 0 Å². The van der Waals surface area contributed by atoms with Gasteiger partial charge in [-0.2, -0.15) is 9.78 Å². The molecule has 3 heterocycles. The number of amides is 1. The van der Waals surface area contributed by atoms with Crippen molar-refractivity contribution in [2.75, 3.05) is 18.6 Å². The van der Waals surface area contributed by atoms with Gasteiger partial charge in [-0.05, 0) is 66.1 Å². The number of halogens is 1. The molecule has 7 rings (SSSR count). The van der Waals surface area contributed by atoms with Crippen LogP contribution in [0.3, 0.4) is 0 Å². The van der Waals surface area contributed by atoms with Gasteiger partial charge in [0.2, 0.25) is 0 Å². The van der Waals surface area contributed by atoms with Crippen molar-refractivity contribution in [2.24, 2.45) is 5.92 Å². The van der Waals surface area contributed by atoms with Crippen LogP contribution >= 0.6 is 11.6 Å². The normalized spacial score (nSPS) is 22.1. The molecule has 246 valence electrons. The minimum atomic E-state index is -2.30. The first-order valence-electron chi connectivity index (χ1n) is 16.2. The van der Waals surface area contributed by atoms with Crippen LogP contribution in [0.5, 0.6) is 5.75 Å². The average Bonchev–Trinajstić information content (AvgIpc) is 3.51. The van der Waals surface area contributed by atoms with Crippen molar-refractivity contribution < 1.29 is 19.4 Å². The summed E-state index contributed by atoms with van der Waals surface area (Å²) in [6.45, 7) is 6.95. The molecule has 0 unspecified atom stereocenters. The molecule has 0 bridgehead atoms. The first-order valence-corrected chi connectivity index (χ1v) is 19.7. The summed E-state index contributed by atoms with van der Waals surface area (Å²) in [5.41, 5.74) is 1.48. The van der Waals surface area contributed by atoms with Crippen LogP contribution in [0.2, 0.25) is 23.7 Å². The van der Waals surface area contributed by atoms with Gasteiger partial charge in [0.15, 0.2) is 5.60 Å². The van der Waals surface area contributed by atoms with Gasteiger partial charge >= 0.3 is 0 Å². The molecule has 0 radical (unpaired) electrons. The van der Waals surface area contributed by atoms with E-state index in [1.165, 1.54) is 9.87 Å². The number of aromatic nitrogens is 2. The number of aliphatic hydroxyl groups excluding tert-OH is 1. The number of aliphatic hydroxyl groups is 1. The molecule has 8 nitrogen and oxygen atoms in total. The highest BCUT2D eigenvalue weighted by molar-refractivity contribution is 6.91. The number of fused-ring (bicyclic) bond motifs is 3. The maximum absolute atomic E-state index is 14.9. The van der Waals surface area contributed by atoms with E-state index in [4.69, 9.17) is 21.1 Å². The molecule has 0 saturated carbocycles. The maximum atomic E-state index is 14.9. The van der Waals surface area contributed by atoms with Gasteiger partial charge in [0.05, 0.1) is 50.8 Å². The Labute approximate surface area is 285 Å². The van der Waals surface area contributed by atoms with Gasteiger partial charge in [-0.3, -0.25) is 9.59 Å². The summed E-state index contributed by atoms with van der Waals surface area (Å²) in [5.74, 6) is 0.432. The number of hydrogen-bond acceptors (Lipinski definition) is 6. The molecule has 1 amide bonds. The SMILES string of the molecule is COc1ccc([Si](C)(C)[C@@H]2[C@@H](CCO)O[C@]3(C(=O)N(Cc4cccc(-n5ncc6ccccc6c5=O)c4)c4ccc(Cl)cc43)[C@H]2C)cc1. The highest BCUT2D eigenvalue weighted by Gasteiger charge is 2.66. The van der Waals surface area contributed by atoms with Crippen LogP contribution in [-0.4, -0.2) is 48.7 Å². The van der Waals surface area contributed by atoms with Crippen molar-refractivity contribution in [3.8, 4) is 11.4 Å². The quantitative estimate of drug-likeness (QED) is 0.197. The molecule has 2 aliphatic heterocycles. The zero-order chi connectivity index (χ0) is 33.8. The number of methoxy groups -OCH3 is 1. The Balaban J connectivity index is 1.27. The van der Waals surface area contributed by atoms with E-state index in [0.29, 0.717) is 22.5 Å². The molecule has 1 aromatic heterocycles. The maximum Gasteiger partial charge on any atom is 0.279 e. The Kier molecular flexibility index (Phi) is 8.28. The standard InChI is InChI=1S/C38H38ClN3O5Si/c1-24-35(48(3,4)30-15-13-29(46-2)14-16-30)34(18-19-43)47-38(24)32-21-27(39)12-17-33(32)41(37(38)45)23-25-8-7-10-28(20-25)42-36(44)31-11-6-5-9-26(31)22-40-42/h5-17,20-22,24,34-35,43H,18-19,23H2,1-4H3/t24-,34+,35-,38+/m0/s1. The van der Waals surface area contributed by atoms with Crippen LogP contribution in [0.15, 0.2) is 102 Å². The monoisotopic (exact) mass is 679 g/mol. The van der Waals surface area contributed by atoms with Gasteiger partial charge in [0, 0.05) is 28.5 Å². The van der Waals surface area contributed by atoms with Crippen molar-refractivity contribution in [1.82, 2.24) is 9.78 Å². The molecule has 4 atom stereocenters. The fourth-order valence-corrected chi connectivity index (χ4v) is 12.3. The molecule has 10 heteroatoms. The van der Waals surface area contributed by atoms with Crippen molar-refractivity contribution in [1.29, 1.82) is 0 Å². The van der Waals surface area contributed by atoms with Crippen LogP contribution in [0.1, 0.15) is 24.5 Å². The predicted molar refractivity (Wildman–Crippen MR) is 191 cm³/mol. The third-order valence-corrected chi connectivity index (χ3v) is 15.0. The molecule has 48 heavy (non-hydrogen) atoms. The Bertz CT molecular complexity index is 2080. The van der Waals surface area contributed by atoms with E-state index in [0.717, 1.165) is 28.0 Å². The molecule has 1 spiro atoms. The van der Waals surface area contributed by atoms with Crippen molar-refractivity contribution in [2.45, 2.75) is 50.2 Å². The van der Waals surface area contributed by atoms with Crippen LogP contribution in [0.25, 0.3) is 16.5 Å². The second-order valence-electron chi connectivity index (χ2n) is 13.3. The number of benzene rings is 4. The smallest absolute Gasteiger partial charge is 0.279 e. The van der Waals surface area contributed by atoms with Crippen molar-refractivity contribution >= 4 is 47.2 Å². The van der Waals surface area contributed by atoms with E-state index in [9.17, 15) is 14.7 Å². The topological polar surface area (TPSA) is 93.9 Å². The average molecular weight is 680 g/mol. The summed E-state index contributed by atoms with van der Waals surface area (Å²) in [4.78, 5) is 30.1. The van der Waals surface area contributed by atoms with Gasteiger partial charge in [0.1, 0.15) is 5.75 Å². The number of ether oxygens (including phenoxy) is 2. The van der Waals surface area contributed by atoms with Gasteiger partial charge in [-0.1, -0.05) is 79.3 Å². The Morgan fingerprint density at radius 3 is 2.52 bits per heavy atom. The first kappa shape index (κ1) is 32.3. The van der Waals surface area contributed by atoms with Gasteiger partial charge in [0.25, 0.3) is 11.5 Å². The zero-order valence-electron chi connectivity index (χ0n) is 27.4. The molecule has 4 aromatic carbocycles. The minimum Gasteiger partial charge on any atom is -0.497 e. The molecule has 5 aromatic rings. The molecule has 1 fully saturated rings. The van der Waals surface area contributed by atoms with Crippen LogP contribution < -0.4 is 20.4 Å². The zero-order valence-corrected chi connectivity index (χ0v) is 29.1. The third-order valence-electron chi connectivity index (χ3n) is 10.4. The van der Waals surface area contributed by atoms with E-state index >= 15 is 0 Å². The summed E-state index contributed by atoms with van der Waals surface area (Å²) in [6, 6.07) is 28.7. The van der Waals surface area contributed by atoms with Crippen LogP contribution in [0.4, 0.5) is 5.69 Å². The van der Waals surface area contributed by atoms with Gasteiger partial charge in [-0.25, -0.2) is 0 Å². The molecule has 1 N–H and O–H groups in total. The summed E-state index contributed by atoms with van der Waals surface area (Å²) in [7, 11) is -0.650. The Morgan fingerprint density at radius 2 is 1.77 bits per heavy atom. The summed E-state index contributed by atoms with van der Waals surface area (Å²) in [5, 5.41) is 17.7. The number of rotatable bonds is 8. The number of nitrogens with zero attached hydrogens (tertiary/aromatic N) is 3. The summed E-state index contributed by atoms with van der Waals surface area (Å²) < 4.78 is 13.8. The number of carbonyl (C=O) groups excluding carboxylic acids is 1. The first-order chi connectivity index (χ1) is 23.1. The number of hydrogen-bond donors (Lipinski definition) is 1. The largest absolute Gasteiger partial charge is 0.497 e. The van der Waals surface area contributed by atoms with Crippen molar-refractivity contribution in [3.05, 3.63) is 124 Å². The lowest BCUT2D eigenvalue weighted by Gasteiger charge is -2.37. The van der Waals surface area contributed by atoms with Crippen LogP contribution in [0, 0.1) is 5.92 Å². The van der Waals surface area contributed by atoms with E-state index in [2.05, 4.69) is 37.2 Å². The fraction of sp³-hybridized carbons (Fsp3) is 0.289. The second-order valence-corrected chi connectivity index (χ2v) is 18.5. The van der Waals surface area contributed by atoms with E-state index in [1.807, 2.05) is 66.7 Å². The lowest BCUT2D eigenvalue weighted by atomic mass is 9.82. The van der Waals surface area contributed by atoms with Gasteiger partial charge < -0.3 is 19.5 Å². The lowest BCUT2D eigenvalue weighted by Crippen LogP contribution is -2.51. The molecule has 0 aliphatic carbocycles. The second kappa shape index (κ2) is 12.3. The number of carbonyl (C=O) groups is 1. The highest BCUT2D eigenvalue weighted by Crippen LogP contribution is 2.60. The third kappa shape index (κ3) is 5.08. The number of anilines is 1. The lowest BCUT2D eigenvalue weighted by molar-refractivity contribution is -0.146. The van der Waals surface area contributed by atoms with Crippen LogP contribution in [-0.2, 0) is 21.7 Å².